The van der Waals surface area contributed by atoms with E-state index in [1.54, 1.807) is 12.1 Å². The van der Waals surface area contributed by atoms with Gasteiger partial charge in [0.1, 0.15) is 0 Å². The van der Waals surface area contributed by atoms with Gasteiger partial charge in [0, 0.05) is 21.2 Å². The molecule has 11 rings (SSSR count). The highest BCUT2D eigenvalue weighted by Gasteiger charge is 2.55. The average molecular weight is 630 g/mol. The Morgan fingerprint density at radius 3 is 1.11 bits per heavy atom. The normalized spacial score (nSPS) is 36.1. The Bertz CT molecular complexity index is 1460. The van der Waals surface area contributed by atoms with Gasteiger partial charge in [-0.1, -0.05) is 35.3 Å². The van der Waals surface area contributed by atoms with Crippen LogP contribution in [0.1, 0.15) is 88.2 Å². The number of nitrogens with two attached hydrogens (primary N) is 2. The number of halogens is 2. The molecule has 8 fully saturated rings. The van der Waals surface area contributed by atoms with Crippen LogP contribution in [0.3, 0.4) is 0 Å². The first-order valence-corrected chi connectivity index (χ1v) is 17.6. The first-order valence-electron chi connectivity index (χ1n) is 16.9. The molecule has 8 bridgehead atoms. The van der Waals surface area contributed by atoms with Gasteiger partial charge in [-0.25, -0.2) is 0 Å². The van der Waals surface area contributed by atoms with Crippen LogP contribution in [0.4, 0.5) is 11.4 Å². The van der Waals surface area contributed by atoms with E-state index in [0.717, 1.165) is 47.0 Å². The Hall–Kier alpha value is -2.56. The molecule has 4 N–H and O–H groups in total. The fourth-order valence-electron chi connectivity index (χ4n) is 11.9. The molecular formula is C38H42Cl2N2O2. The van der Waals surface area contributed by atoms with Crippen molar-refractivity contribution in [1.82, 2.24) is 0 Å². The Labute approximate surface area is 270 Å². The van der Waals surface area contributed by atoms with Gasteiger partial charge in [-0.3, -0.25) is 0 Å². The van der Waals surface area contributed by atoms with E-state index in [0.29, 0.717) is 32.9 Å². The number of benzene rings is 3. The minimum absolute atomic E-state index is 0.0922. The summed E-state index contributed by atoms with van der Waals surface area (Å²) < 4.78 is 14.2. The summed E-state index contributed by atoms with van der Waals surface area (Å²) in [6.07, 6.45) is 15.7. The molecule has 0 saturated heterocycles. The second kappa shape index (κ2) is 9.97. The first-order chi connectivity index (χ1) is 21.2. The number of hydrogen-bond acceptors (Lipinski definition) is 4. The predicted molar refractivity (Wildman–Crippen MR) is 178 cm³/mol. The summed E-state index contributed by atoms with van der Waals surface area (Å²) in [5.41, 5.74) is 17.0. The van der Waals surface area contributed by atoms with Gasteiger partial charge >= 0.3 is 0 Å². The van der Waals surface area contributed by atoms with Crippen molar-refractivity contribution in [3.8, 4) is 23.0 Å². The van der Waals surface area contributed by atoms with Crippen molar-refractivity contribution >= 4 is 34.6 Å². The molecule has 6 heteroatoms. The molecule has 0 atom stereocenters. The van der Waals surface area contributed by atoms with Crippen LogP contribution in [0.5, 0.6) is 23.0 Å². The van der Waals surface area contributed by atoms with Crippen molar-refractivity contribution in [3.63, 3.8) is 0 Å². The maximum absolute atomic E-state index is 7.08. The summed E-state index contributed by atoms with van der Waals surface area (Å²) in [6.45, 7) is 0. The van der Waals surface area contributed by atoms with Crippen LogP contribution in [0.25, 0.3) is 0 Å². The zero-order valence-electron chi connectivity index (χ0n) is 25.3. The molecule has 0 aromatic heterocycles. The molecule has 0 aliphatic heterocycles. The third kappa shape index (κ3) is 4.45. The molecule has 3 aromatic carbocycles. The zero-order chi connectivity index (χ0) is 29.8. The van der Waals surface area contributed by atoms with Crippen LogP contribution in [-0.4, -0.2) is 0 Å². The largest absolute Gasteiger partial charge is 0.451 e. The third-order valence-electron chi connectivity index (χ3n) is 12.7. The topological polar surface area (TPSA) is 70.5 Å². The van der Waals surface area contributed by atoms with E-state index in [9.17, 15) is 0 Å². The fourth-order valence-corrected chi connectivity index (χ4v) is 12.3. The Balaban J connectivity index is 1.27. The summed E-state index contributed by atoms with van der Waals surface area (Å²) in [7, 11) is 0. The average Bonchev–Trinajstić information content (AvgIpc) is 2.95. The van der Waals surface area contributed by atoms with E-state index in [-0.39, 0.29) is 10.8 Å². The second-order valence-electron chi connectivity index (χ2n) is 15.8. The maximum atomic E-state index is 7.08. The molecule has 8 aliphatic rings. The number of anilines is 2. The van der Waals surface area contributed by atoms with Crippen molar-refractivity contribution in [3.05, 3.63) is 69.7 Å². The van der Waals surface area contributed by atoms with Gasteiger partial charge in [0.15, 0.2) is 23.0 Å². The summed E-state index contributed by atoms with van der Waals surface area (Å²) in [5, 5.41) is 1.20. The highest BCUT2D eigenvalue weighted by Crippen LogP contribution is 2.66. The van der Waals surface area contributed by atoms with Gasteiger partial charge in [-0.15, -0.1) is 0 Å². The molecule has 8 saturated carbocycles. The van der Waals surface area contributed by atoms with Crippen molar-refractivity contribution in [2.45, 2.75) is 87.9 Å². The van der Waals surface area contributed by atoms with Gasteiger partial charge < -0.3 is 20.9 Å². The monoisotopic (exact) mass is 628 g/mol. The summed E-state index contributed by atoms with van der Waals surface area (Å²) in [6, 6.07) is 16.0. The van der Waals surface area contributed by atoms with E-state index in [1.165, 1.54) is 88.2 Å². The van der Waals surface area contributed by atoms with Crippen LogP contribution < -0.4 is 20.9 Å². The van der Waals surface area contributed by atoms with Crippen LogP contribution >= 0.6 is 23.2 Å². The lowest BCUT2D eigenvalue weighted by atomic mass is 9.47. The van der Waals surface area contributed by atoms with Crippen LogP contribution in [-0.2, 0) is 10.8 Å². The van der Waals surface area contributed by atoms with Gasteiger partial charge in [0.2, 0.25) is 0 Å². The first kappa shape index (κ1) is 27.7. The standard InChI is InChI=1S/C38H42Cl2N2O2/c39-27-1-5-33(31(41)13-27)43-35-29(37-15-21-7-22(16-37)9-23(8-21)17-37)3-4-30(36(35)44-34-6-2-28(40)14-32(34)42)38-18-24-10-25(19-38)12-26(11-24)20-38/h1-6,13-14,21-26H,7-12,15-20,41-42H2. The molecule has 230 valence electrons. The molecule has 44 heavy (non-hydrogen) atoms. The van der Waals surface area contributed by atoms with E-state index in [1.807, 2.05) is 24.3 Å². The van der Waals surface area contributed by atoms with Gasteiger partial charge in [-0.2, -0.15) is 0 Å². The maximum Gasteiger partial charge on any atom is 0.174 e. The lowest BCUT2D eigenvalue weighted by Gasteiger charge is -2.58. The van der Waals surface area contributed by atoms with E-state index < -0.39 is 0 Å². The SMILES string of the molecule is Nc1cc(Cl)ccc1Oc1c(C23CC4CC(CC(C4)C2)C3)ccc(C23CC4CC(CC(C4)C2)C3)c1Oc1ccc(Cl)cc1N. The number of hydrogen-bond donors (Lipinski definition) is 2. The van der Waals surface area contributed by atoms with Crippen LogP contribution in [0.15, 0.2) is 48.5 Å². The molecule has 0 spiro atoms. The van der Waals surface area contributed by atoms with Crippen LogP contribution in [0, 0.1) is 35.5 Å². The number of rotatable bonds is 6. The minimum Gasteiger partial charge on any atom is -0.451 e. The summed E-state index contributed by atoms with van der Waals surface area (Å²) in [5.74, 6) is 7.72. The molecule has 3 aromatic rings. The molecule has 8 aliphatic carbocycles. The van der Waals surface area contributed by atoms with Gasteiger partial charge in [0.05, 0.1) is 11.4 Å². The zero-order valence-corrected chi connectivity index (χ0v) is 26.8. The van der Waals surface area contributed by atoms with E-state index >= 15 is 0 Å². The quantitative estimate of drug-likeness (QED) is 0.266. The van der Waals surface area contributed by atoms with E-state index in [4.69, 9.17) is 44.1 Å². The fraction of sp³-hybridized carbons (Fsp3) is 0.526. The molecule has 0 amide bonds. The summed E-state index contributed by atoms with van der Waals surface area (Å²) >= 11 is 12.7. The molecule has 0 heterocycles. The lowest BCUT2D eigenvalue weighted by Crippen LogP contribution is -2.49. The molecule has 0 unspecified atom stereocenters. The molecule has 0 radical (unpaired) electrons. The Morgan fingerprint density at radius 1 is 0.500 bits per heavy atom. The third-order valence-corrected chi connectivity index (χ3v) is 13.2. The van der Waals surface area contributed by atoms with Gasteiger partial charge in [0.25, 0.3) is 0 Å². The van der Waals surface area contributed by atoms with E-state index in [2.05, 4.69) is 12.1 Å². The number of nitrogen functional groups attached to an aromatic ring is 2. The number of ether oxygens (including phenoxy) is 2. The highest BCUT2D eigenvalue weighted by molar-refractivity contribution is 6.31. The van der Waals surface area contributed by atoms with Crippen molar-refractivity contribution in [1.29, 1.82) is 0 Å². The minimum atomic E-state index is 0.0922. The predicted octanol–water partition coefficient (Wildman–Crippen LogP) is 10.7. The Morgan fingerprint density at radius 2 is 0.818 bits per heavy atom. The molecule has 4 nitrogen and oxygen atoms in total. The smallest absolute Gasteiger partial charge is 0.174 e. The van der Waals surface area contributed by atoms with Crippen molar-refractivity contribution in [2.24, 2.45) is 35.5 Å². The van der Waals surface area contributed by atoms with Crippen molar-refractivity contribution < 1.29 is 9.47 Å². The van der Waals surface area contributed by atoms with Crippen LogP contribution in [0.2, 0.25) is 10.0 Å². The summed E-state index contributed by atoms with van der Waals surface area (Å²) in [4.78, 5) is 0. The highest BCUT2D eigenvalue weighted by atomic mass is 35.5. The molecular weight excluding hydrogens is 587 g/mol. The lowest BCUT2D eigenvalue weighted by molar-refractivity contribution is -0.00832. The Kier molecular flexibility index (Phi) is 6.28. The van der Waals surface area contributed by atoms with Gasteiger partial charge in [-0.05, 0) is 160 Å². The van der Waals surface area contributed by atoms with Crippen molar-refractivity contribution in [2.75, 3.05) is 11.5 Å². The second-order valence-corrected chi connectivity index (χ2v) is 16.7.